The monoisotopic (exact) mass is 761 g/mol. The highest BCUT2D eigenvalue weighted by Crippen LogP contribution is 2.48. The minimum absolute atomic E-state index is 0.0439. The van der Waals surface area contributed by atoms with E-state index in [0.717, 1.165) is 34.7 Å². The molecule has 3 N–H and O–H groups in total. The summed E-state index contributed by atoms with van der Waals surface area (Å²) in [5, 5.41) is 5.58. The summed E-state index contributed by atoms with van der Waals surface area (Å²) in [4.78, 5) is 72.5. The number of benzene rings is 2. The first-order valence-corrected chi connectivity index (χ1v) is 19.9. The van der Waals surface area contributed by atoms with Gasteiger partial charge < -0.3 is 19.9 Å². The zero-order valence-corrected chi connectivity index (χ0v) is 32.0. The van der Waals surface area contributed by atoms with E-state index in [-0.39, 0.29) is 31.7 Å². The van der Waals surface area contributed by atoms with Gasteiger partial charge in [0, 0.05) is 43.6 Å². The molecule has 2 aromatic carbocycles. The molecule has 2 aliphatic heterocycles. The van der Waals surface area contributed by atoms with E-state index >= 15 is 0 Å². The van der Waals surface area contributed by atoms with E-state index in [1.807, 2.05) is 63.2 Å². The maximum Gasteiger partial charge on any atom is 0.411 e. The third kappa shape index (κ3) is 8.70. The molecule has 6 atom stereocenters. The van der Waals surface area contributed by atoms with Crippen LogP contribution < -0.4 is 10.6 Å². The lowest BCUT2D eigenvalue weighted by Crippen LogP contribution is -2.57. The van der Waals surface area contributed by atoms with Gasteiger partial charge in [0.15, 0.2) is 0 Å². The van der Waals surface area contributed by atoms with E-state index in [4.69, 9.17) is 4.74 Å². The van der Waals surface area contributed by atoms with E-state index in [2.05, 4.69) is 17.2 Å². The fourth-order valence-corrected chi connectivity index (χ4v) is 8.42. The summed E-state index contributed by atoms with van der Waals surface area (Å²) in [7, 11) is 0. The van der Waals surface area contributed by atoms with Crippen molar-refractivity contribution in [2.75, 3.05) is 25.0 Å². The van der Waals surface area contributed by atoms with Gasteiger partial charge in [-0.2, -0.15) is 0 Å². The van der Waals surface area contributed by atoms with E-state index < -0.39 is 76.1 Å². The van der Waals surface area contributed by atoms with Crippen molar-refractivity contribution in [2.45, 2.75) is 95.9 Å². The van der Waals surface area contributed by atoms with E-state index in [1.54, 1.807) is 17.0 Å². The summed E-state index contributed by atoms with van der Waals surface area (Å²) in [6, 6.07) is 15.5. The quantitative estimate of drug-likeness (QED) is 0.198. The molecular formula is C40H51N5O8S. The molecule has 2 aliphatic carbocycles. The molecule has 0 aromatic heterocycles. The summed E-state index contributed by atoms with van der Waals surface area (Å²) in [6.07, 6.45) is 3.97. The Labute approximate surface area is 319 Å². The van der Waals surface area contributed by atoms with Crippen LogP contribution in [0.4, 0.5) is 10.5 Å². The predicted molar refractivity (Wildman–Crippen MR) is 204 cm³/mol. The van der Waals surface area contributed by atoms with Crippen molar-refractivity contribution in [1.82, 2.24) is 19.4 Å². The van der Waals surface area contributed by atoms with Crippen LogP contribution in [0.3, 0.4) is 0 Å². The van der Waals surface area contributed by atoms with Crippen molar-refractivity contribution in [3.63, 3.8) is 0 Å². The summed E-state index contributed by atoms with van der Waals surface area (Å²) < 4.78 is 29.0. The van der Waals surface area contributed by atoms with Crippen molar-refractivity contribution in [2.24, 2.45) is 17.3 Å². The highest BCUT2D eigenvalue weighted by atomic mass is 32.2. The standard InChI is InChI=1S/C40H51N5O8S/c1-5-28-24-40(28,37(49)45(54(51)52)30-18-19-30)42-35(47)33-22-31(53-38(50)41-29-16-14-27(15-17-29)26-12-8-6-9-13-26)25-44(33)36(48)32(39(2,3)4)23-34(46)43-20-10-7-11-21-43/h5-6,8-9,12-17,28,30-33H,1,7,10-11,18-25H2,2-4H3,(H,41,50)(H,42,47)(H,51,52)/t28-,31-,32-,33+,40-/m1/s1. The Morgan fingerprint density at radius 2 is 1.67 bits per heavy atom. The first-order chi connectivity index (χ1) is 25.7. The Morgan fingerprint density at radius 3 is 2.24 bits per heavy atom. The fourth-order valence-electron chi connectivity index (χ4n) is 7.65. The number of hydrogen-bond acceptors (Lipinski definition) is 7. The lowest BCUT2D eigenvalue weighted by molar-refractivity contribution is -0.149. The number of amides is 5. The number of nitrogens with one attached hydrogen (secondary N) is 2. The summed E-state index contributed by atoms with van der Waals surface area (Å²) in [5.41, 5.74) is 0.330. The topological polar surface area (TPSA) is 166 Å². The van der Waals surface area contributed by atoms with Gasteiger partial charge in [0.1, 0.15) is 17.7 Å². The first kappa shape index (κ1) is 39.1. The lowest BCUT2D eigenvalue weighted by atomic mass is 9.77. The molecule has 0 bridgehead atoms. The van der Waals surface area contributed by atoms with Crippen LogP contribution in [0.1, 0.15) is 72.1 Å². The molecule has 54 heavy (non-hydrogen) atoms. The SMILES string of the molecule is C=C[C@@H]1C[C@]1(NC(=O)[C@@H]1C[C@@H](OC(=O)Nc2ccc(-c3ccccc3)cc2)CN1C(=O)[C@@H](CC(=O)N1CCCCC1)C(C)(C)C)C(=O)N(C1CC1)S(=O)O. The van der Waals surface area contributed by atoms with E-state index in [9.17, 15) is 32.7 Å². The van der Waals surface area contributed by atoms with Gasteiger partial charge in [-0.05, 0) is 67.2 Å². The molecule has 4 aliphatic rings. The number of carbonyl (C=O) groups is 5. The number of anilines is 1. The van der Waals surface area contributed by atoms with Crippen LogP contribution in [0.15, 0.2) is 67.3 Å². The number of hydrogen-bond donors (Lipinski definition) is 3. The Morgan fingerprint density at radius 1 is 1.02 bits per heavy atom. The van der Waals surface area contributed by atoms with Crippen LogP contribution in [-0.4, -0.2) is 95.9 Å². The molecule has 0 radical (unpaired) electrons. The second-order valence-electron chi connectivity index (χ2n) is 16.0. The predicted octanol–water partition coefficient (Wildman–Crippen LogP) is 5.13. The van der Waals surface area contributed by atoms with Crippen molar-refractivity contribution in [1.29, 1.82) is 0 Å². The molecule has 1 unspecified atom stereocenters. The molecule has 2 heterocycles. The number of ether oxygens (including phenoxy) is 1. The molecule has 290 valence electrons. The van der Waals surface area contributed by atoms with Crippen LogP contribution in [0, 0.1) is 17.3 Å². The van der Waals surface area contributed by atoms with Gasteiger partial charge in [-0.15, -0.1) is 6.58 Å². The Hall–Kier alpha value is -4.56. The second kappa shape index (κ2) is 16.0. The number of rotatable bonds is 12. The van der Waals surface area contributed by atoms with E-state index in [1.165, 1.54) is 11.0 Å². The maximum absolute atomic E-state index is 14.6. The minimum atomic E-state index is -2.59. The third-order valence-electron chi connectivity index (χ3n) is 11.1. The van der Waals surface area contributed by atoms with Crippen LogP contribution >= 0.6 is 0 Å². The first-order valence-electron chi connectivity index (χ1n) is 18.8. The smallest absolute Gasteiger partial charge is 0.411 e. The molecule has 14 heteroatoms. The van der Waals surface area contributed by atoms with Gasteiger partial charge in [0.2, 0.25) is 17.7 Å². The fraction of sp³-hybridized carbons (Fsp3) is 0.525. The van der Waals surface area contributed by atoms with Gasteiger partial charge >= 0.3 is 6.09 Å². The van der Waals surface area contributed by atoms with Gasteiger partial charge in [-0.1, -0.05) is 69.3 Å². The number of likely N-dealkylation sites (tertiary alicyclic amines) is 2. The molecule has 6 rings (SSSR count). The van der Waals surface area contributed by atoms with Crippen molar-refractivity contribution >= 4 is 46.7 Å². The number of nitrogens with zero attached hydrogens (tertiary/aromatic N) is 3. The average molecular weight is 762 g/mol. The zero-order chi connectivity index (χ0) is 38.8. The molecule has 2 aromatic rings. The summed E-state index contributed by atoms with van der Waals surface area (Å²) in [5.74, 6) is -3.16. The maximum atomic E-state index is 14.6. The molecule has 0 spiro atoms. The summed E-state index contributed by atoms with van der Waals surface area (Å²) >= 11 is -2.59. The van der Waals surface area contributed by atoms with Gasteiger partial charge in [0.05, 0.1) is 12.5 Å². The van der Waals surface area contributed by atoms with Crippen LogP contribution in [0.25, 0.3) is 11.1 Å². The third-order valence-corrected chi connectivity index (χ3v) is 11.9. The van der Waals surface area contributed by atoms with Crippen molar-refractivity contribution in [3.8, 4) is 11.1 Å². The Balaban J connectivity index is 1.21. The zero-order valence-electron chi connectivity index (χ0n) is 31.2. The molecule has 13 nitrogen and oxygen atoms in total. The highest BCUT2D eigenvalue weighted by molar-refractivity contribution is 7.77. The molecule has 2 saturated heterocycles. The van der Waals surface area contributed by atoms with Crippen LogP contribution in [-0.2, 0) is 35.2 Å². The average Bonchev–Trinajstić information content (AvgIpc) is 4.07. The van der Waals surface area contributed by atoms with Gasteiger partial charge in [-0.3, -0.25) is 29.0 Å². The lowest BCUT2D eigenvalue weighted by Gasteiger charge is -2.36. The number of carbonyl (C=O) groups excluding carboxylic acids is 5. The van der Waals surface area contributed by atoms with E-state index in [0.29, 0.717) is 31.6 Å². The summed E-state index contributed by atoms with van der Waals surface area (Å²) in [6.45, 7) is 10.6. The molecule has 4 fully saturated rings. The Kier molecular flexibility index (Phi) is 11.6. The van der Waals surface area contributed by atoms with Crippen molar-refractivity contribution in [3.05, 3.63) is 67.3 Å². The highest BCUT2D eigenvalue weighted by Gasteiger charge is 2.64. The minimum Gasteiger partial charge on any atom is -0.444 e. The molecular weight excluding hydrogens is 711 g/mol. The van der Waals surface area contributed by atoms with Crippen molar-refractivity contribution < 1.29 is 37.5 Å². The molecule has 2 saturated carbocycles. The van der Waals surface area contributed by atoms with Crippen LogP contribution in [0.2, 0.25) is 0 Å². The van der Waals surface area contributed by atoms with Gasteiger partial charge in [0.25, 0.3) is 17.2 Å². The molecule has 5 amide bonds. The van der Waals surface area contributed by atoms with Crippen LogP contribution in [0.5, 0.6) is 0 Å². The van der Waals surface area contributed by atoms with Gasteiger partial charge in [-0.25, -0.2) is 13.3 Å². The Bertz CT molecular complexity index is 1770. The normalized spacial score (nSPS) is 24.9. The largest absolute Gasteiger partial charge is 0.444 e. The number of piperidine rings is 1. The second-order valence-corrected chi connectivity index (χ2v) is 16.9.